The summed E-state index contributed by atoms with van der Waals surface area (Å²) in [6.07, 6.45) is 2.89. The van der Waals surface area contributed by atoms with Crippen LogP contribution in [-0.2, 0) is 4.74 Å². The Morgan fingerprint density at radius 1 is 1.26 bits per heavy atom. The first-order chi connectivity index (χ1) is 18.2. The Balaban J connectivity index is 1.97. The number of halogens is 1. The Hall–Kier alpha value is -2.69. The zero-order chi connectivity index (χ0) is 27.7. The number of piperidine rings is 1. The number of pyridine rings is 1. The summed E-state index contributed by atoms with van der Waals surface area (Å²) in [5.41, 5.74) is 2.84. The molecule has 0 radical (unpaired) electrons. The van der Waals surface area contributed by atoms with E-state index in [1.54, 1.807) is 19.2 Å². The number of nitrogens with zero attached hydrogens (tertiary/aromatic N) is 3. The lowest BCUT2D eigenvalue weighted by Crippen LogP contribution is -2.36. The molecule has 3 N–H and O–H groups in total. The normalized spacial score (nSPS) is 14.3. The van der Waals surface area contributed by atoms with Gasteiger partial charge < -0.3 is 25.3 Å². The molecule has 1 amide bonds. The van der Waals surface area contributed by atoms with Crippen molar-refractivity contribution >= 4 is 40.8 Å². The highest BCUT2D eigenvalue weighted by Crippen LogP contribution is 2.34. The maximum absolute atomic E-state index is 13.6. The van der Waals surface area contributed by atoms with Gasteiger partial charge in [0, 0.05) is 44.0 Å². The largest absolute Gasteiger partial charge is 0.384 e. The summed E-state index contributed by atoms with van der Waals surface area (Å²) >= 11 is 1.37. The maximum atomic E-state index is 13.6. The lowest BCUT2D eigenvalue weighted by Gasteiger charge is -2.35. The molecule has 1 aliphatic heterocycles. The Bertz CT molecular complexity index is 1070. The number of anilines is 3. The molecular formula is C28H41FN6O2S. The molecule has 8 nitrogen and oxygen atoms in total. The summed E-state index contributed by atoms with van der Waals surface area (Å²) in [5.74, 6) is 1.04. The maximum Gasteiger partial charge on any atom is 0.279 e. The lowest BCUT2D eigenvalue weighted by molar-refractivity contribution is 0.0979. The number of carbonyl (C=O) groups excluding carboxylic acids is 1. The van der Waals surface area contributed by atoms with Gasteiger partial charge in [-0.15, -0.1) is 0 Å². The van der Waals surface area contributed by atoms with Gasteiger partial charge >= 0.3 is 0 Å². The molecule has 0 unspecified atom stereocenters. The van der Waals surface area contributed by atoms with Gasteiger partial charge in [-0.2, -0.15) is 0 Å². The zero-order valence-corrected chi connectivity index (χ0v) is 24.0. The third-order valence-electron chi connectivity index (χ3n) is 6.56. The highest BCUT2D eigenvalue weighted by Gasteiger charge is 2.27. The van der Waals surface area contributed by atoms with E-state index in [2.05, 4.69) is 19.8 Å². The first kappa shape index (κ1) is 29.9. The van der Waals surface area contributed by atoms with Crippen LogP contribution in [0.4, 0.5) is 21.6 Å². The van der Waals surface area contributed by atoms with Crippen molar-refractivity contribution in [1.82, 2.24) is 14.6 Å². The molecule has 0 bridgehead atoms. The molecule has 1 saturated heterocycles. The van der Waals surface area contributed by atoms with E-state index >= 15 is 0 Å². The summed E-state index contributed by atoms with van der Waals surface area (Å²) in [4.78, 5) is 22.3. The van der Waals surface area contributed by atoms with Crippen LogP contribution < -0.4 is 14.9 Å². The van der Waals surface area contributed by atoms with Gasteiger partial charge in [-0.1, -0.05) is 25.8 Å². The van der Waals surface area contributed by atoms with E-state index in [4.69, 9.17) is 15.1 Å². The fourth-order valence-corrected chi connectivity index (χ4v) is 5.02. The van der Waals surface area contributed by atoms with Crippen LogP contribution >= 0.6 is 11.9 Å². The van der Waals surface area contributed by atoms with Crippen molar-refractivity contribution in [2.24, 2.45) is 11.8 Å². The third-order valence-corrected chi connectivity index (χ3v) is 7.38. The molecule has 3 rings (SSSR count). The first-order valence-electron chi connectivity index (χ1n) is 13.2. The van der Waals surface area contributed by atoms with Crippen LogP contribution in [0, 0.1) is 23.1 Å². The number of nitrogens with one attached hydrogen (secondary N) is 3. The van der Waals surface area contributed by atoms with Crippen molar-refractivity contribution in [3.63, 3.8) is 0 Å². The van der Waals surface area contributed by atoms with Crippen molar-refractivity contribution in [3.05, 3.63) is 47.4 Å². The first-order valence-corrected chi connectivity index (χ1v) is 14.1. The van der Waals surface area contributed by atoms with Gasteiger partial charge in [-0.05, 0) is 82.1 Å². The minimum atomic E-state index is -0.335. The van der Waals surface area contributed by atoms with E-state index in [0.29, 0.717) is 28.7 Å². The van der Waals surface area contributed by atoms with E-state index in [1.807, 2.05) is 34.0 Å². The molecule has 2 heterocycles. The standard InChI is InChI=1S/C28H41FN6O2S/c1-19(2)26(30)25-24(35-14-11-20(12-15-35)18-37-5)17-23(28(36)33-38-16-6-13-34(3)4)32-27(25)31-22-9-7-21(29)8-10-22/h7-10,17,19-20,30H,6,11-16,18H2,1-5H3,(H,31,32)(H,33,36). The van der Waals surface area contributed by atoms with E-state index in [9.17, 15) is 9.18 Å². The molecule has 1 aliphatic rings. The quantitative estimate of drug-likeness (QED) is 0.182. The zero-order valence-electron chi connectivity index (χ0n) is 23.1. The summed E-state index contributed by atoms with van der Waals surface area (Å²) in [7, 11) is 5.78. The van der Waals surface area contributed by atoms with Gasteiger partial charge in [-0.3, -0.25) is 9.52 Å². The summed E-state index contributed by atoms with van der Waals surface area (Å²) in [6.45, 7) is 7.23. The number of ether oxygens (including phenoxy) is 1. The topological polar surface area (TPSA) is 93.6 Å². The molecule has 1 aromatic carbocycles. The molecular weight excluding hydrogens is 503 g/mol. The smallest absolute Gasteiger partial charge is 0.279 e. The van der Waals surface area contributed by atoms with E-state index < -0.39 is 0 Å². The predicted molar refractivity (Wildman–Crippen MR) is 155 cm³/mol. The van der Waals surface area contributed by atoms with Crippen LogP contribution in [0.25, 0.3) is 0 Å². The van der Waals surface area contributed by atoms with Crippen molar-refractivity contribution in [1.29, 1.82) is 5.41 Å². The van der Waals surface area contributed by atoms with E-state index in [0.717, 1.165) is 56.9 Å². The molecule has 0 saturated carbocycles. The lowest BCUT2D eigenvalue weighted by atomic mass is 9.94. The molecule has 1 fully saturated rings. The van der Waals surface area contributed by atoms with Crippen LogP contribution in [0.3, 0.4) is 0 Å². The number of hydrogen-bond donors (Lipinski definition) is 3. The molecule has 0 atom stereocenters. The molecule has 2 aromatic rings. The number of carbonyl (C=O) groups is 1. The molecule has 0 aliphatic carbocycles. The third kappa shape index (κ3) is 8.41. The second kappa shape index (κ2) is 14.5. The van der Waals surface area contributed by atoms with Gasteiger partial charge in [-0.25, -0.2) is 9.37 Å². The van der Waals surface area contributed by atoms with Gasteiger partial charge in [0.25, 0.3) is 5.91 Å². The average Bonchev–Trinajstić information content (AvgIpc) is 2.89. The summed E-state index contributed by atoms with van der Waals surface area (Å²) in [6, 6.07) is 7.82. The van der Waals surface area contributed by atoms with Crippen molar-refractivity contribution < 1.29 is 13.9 Å². The van der Waals surface area contributed by atoms with Gasteiger partial charge in [0.05, 0.1) is 11.3 Å². The fraction of sp³-hybridized carbons (Fsp3) is 0.536. The highest BCUT2D eigenvalue weighted by molar-refractivity contribution is 7.97. The van der Waals surface area contributed by atoms with Crippen LogP contribution in [0.1, 0.15) is 49.2 Å². The Morgan fingerprint density at radius 3 is 2.55 bits per heavy atom. The average molecular weight is 545 g/mol. The minimum Gasteiger partial charge on any atom is -0.384 e. The van der Waals surface area contributed by atoms with Gasteiger partial charge in [0.15, 0.2) is 0 Å². The Morgan fingerprint density at radius 2 is 1.95 bits per heavy atom. The SMILES string of the molecule is COCC1CCN(c2cc(C(=O)NSCCCN(C)C)nc(Nc3ccc(F)cc3)c2C(=N)C(C)C)CC1. The van der Waals surface area contributed by atoms with Gasteiger partial charge in [0.1, 0.15) is 17.3 Å². The molecule has 0 spiro atoms. The van der Waals surface area contributed by atoms with Crippen LogP contribution in [0.15, 0.2) is 30.3 Å². The number of rotatable bonds is 13. The fourth-order valence-electron chi connectivity index (χ4n) is 4.41. The summed E-state index contributed by atoms with van der Waals surface area (Å²) in [5, 5.41) is 12.2. The second-order valence-corrected chi connectivity index (χ2v) is 11.2. The van der Waals surface area contributed by atoms with Crippen molar-refractivity contribution in [2.75, 3.05) is 63.4 Å². The Labute approximate surface area is 230 Å². The van der Waals surface area contributed by atoms with Crippen LogP contribution in [0.5, 0.6) is 0 Å². The van der Waals surface area contributed by atoms with Gasteiger partial charge in [0.2, 0.25) is 0 Å². The minimum absolute atomic E-state index is 0.0534. The van der Waals surface area contributed by atoms with Crippen LogP contribution in [-0.4, -0.2) is 74.7 Å². The number of benzene rings is 1. The number of methoxy groups -OCH3 is 1. The summed E-state index contributed by atoms with van der Waals surface area (Å²) < 4.78 is 21.9. The Kier molecular flexibility index (Phi) is 11.4. The van der Waals surface area contributed by atoms with E-state index in [1.165, 1.54) is 24.1 Å². The molecule has 10 heteroatoms. The molecule has 208 valence electrons. The predicted octanol–water partition coefficient (Wildman–Crippen LogP) is 5.18. The second-order valence-electron chi connectivity index (χ2n) is 10.3. The van der Waals surface area contributed by atoms with Crippen molar-refractivity contribution in [3.8, 4) is 0 Å². The molecule has 38 heavy (non-hydrogen) atoms. The molecule has 1 aromatic heterocycles. The number of amides is 1. The highest BCUT2D eigenvalue weighted by atomic mass is 32.2. The monoisotopic (exact) mass is 544 g/mol. The van der Waals surface area contributed by atoms with E-state index in [-0.39, 0.29) is 23.3 Å². The van der Waals surface area contributed by atoms with Crippen LogP contribution in [0.2, 0.25) is 0 Å². The number of hydrogen-bond acceptors (Lipinski definition) is 8. The number of aromatic nitrogens is 1. The van der Waals surface area contributed by atoms with Crippen molar-refractivity contribution in [2.45, 2.75) is 33.1 Å².